The molecule has 0 bridgehead atoms. The molecule has 1 heterocycles. The number of hydrogen-bond acceptors (Lipinski definition) is 4. The van der Waals surface area contributed by atoms with Gasteiger partial charge in [-0.1, -0.05) is 0 Å². The van der Waals surface area contributed by atoms with Gasteiger partial charge in [0.25, 0.3) is 5.91 Å². The molecule has 2 aromatic rings. The van der Waals surface area contributed by atoms with Crippen LogP contribution in [-0.2, 0) is 13.6 Å². The molecule has 1 amide bonds. The molecule has 0 unspecified atom stereocenters. The van der Waals surface area contributed by atoms with Gasteiger partial charge in [0.1, 0.15) is 17.9 Å². The Labute approximate surface area is 109 Å². The predicted octanol–water partition coefficient (Wildman–Crippen LogP) is 0.893. The Balaban J connectivity index is 2.06. The van der Waals surface area contributed by atoms with Gasteiger partial charge < -0.3 is 14.6 Å². The third kappa shape index (κ3) is 2.87. The first-order valence-corrected chi connectivity index (χ1v) is 5.56. The van der Waals surface area contributed by atoms with Crippen molar-refractivity contribution in [3.8, 4) is 5.75 Å². The number of nitrogens with one attached hydrogen (secondary N) is 1. The second kappa shape index (κ2) is 5.47. The van der Waals surface area contributed by atoms with E-state index in [-0.39, 0.29) is 12.1 Å². The molecule has 1 N–H and O–H groups in total. The minimum absolute atomic E-state index is 0.0389. The molecule has 6 nitrogen and oxygen atoms in total. The second-order valence-corrected chi connectivity index (χ2v) is 3.89. The largest absolute Gasteiger partial charge is 0.497 e. The number of amides is 1. The number of aryl methyl sites for hydroxylation is 1. The lowest BCUT2D eigenvalue weighted by atomic mass is 10.2. The van der Waals surface area contributed by atoms with E-state index in [2.05, 4.69) is 15.5 Å². The highest BCUT2D eigenvalue weighted by molar-refractivity contribution is 5.94. The topological polar surface area (TPSA) is 69.0 Å². The second-order valence-electron chi connectivity index (χ2n) is 3.89. The van der Waals surface area contributed by atoms with Gasteiger partial charge in [-0.25, -0.2) is 4.39 Å². The minimum atomic E-state index is -0.630. The summed E-state index contributed by atoms with van der Waals surface area (Å²) in [7, 11) is 3.19. The third-order valence-electron chi connectivity index (χ3n) is 2.63. The molecule has 19 heavy (non-hydrogen) atoms. The molecule has 0 aliphatic carbocycles. The van der Waals surface area contributed by atoms with E-state index in [1.807, 2.05) is 0 Å². The predicted molar refractivity (Wildman–Crippen MR) is 65.1 cm³/mol. The Bertz CT molecular complexity index is 597. The van der Waals surface area contributed by atoms with Crippen molar-refractivity contribution in [2.75, 3.05) is 7.11 Å². The van der Waals surface area contributed by atoms with Crippen LogP contribution >= 0.6 is 0 Å². The summed E-state index contributed by atoms with van der Waals surface area (Å²) in [5.41, 5.74) is -0.0389. The molecule has 1 aromatic carbocycles. The van der Waals surface area contributed by atoms with E-state index in [1.54, 1.807) is 11.6 Å². The first-order chi connectivity index (χ1) is 9.11. The van der Waals surface area contributed by atoms with Gasteiger partial charge in [0, 0.05) is 13.1 Å². The summed E-state index contributed by atoms with van der Waals surface area (Å²) in [4.78, 5) is 11.8. The van der Waals surface area contributed by atoms with Gasteiger partial charge in [0.2, 0.25) is 0 Å². The lowest BCUT2D eigenvalue weighted by Crippen LogP contribution is -2.25. The van der Waals surface area contributed by atoms with Crippen LogP contribution in [0.2, 0.25) is 0 Å². The van der Waals surface area contributed by atoms with Crippen LogP contribution in [0.4, 0.5) is 4.39 Å². The van der Waals surface area contributed by atoms with Crippen LogP contribution < -0.4 is 10.1 Å². The maximum atomic E-state index is 13.7. The van der Waals surface area contributed by atoms with Crippen molar-refractivity contribution >= 4 is 5.91 Å². The van der Waals surface area contributed by atoms with Gasteiger partial charge in [-0.2, -0.15) is 0 Å². The highest BCUT2D eigenvalue weighted by Gasteiger charge is 2.13. The summed E-state index contributed by atoms with van der Waals surface area (Å²) in [6, 6.07) is 4.07. The number of rotatable bonds is 4. The number of benzene rings is 1. The maximum Gasteiger partial charge on any atom is 0.254 e. The molecular formula is C12H13FN4O2. The Morgan fingerprint density at radius 3 is 2.89 bits per heavy atom. The monoisotopic (exact) mass is 264 g/mol. The van der Waals surface area contributed by atoms with E-state index >= 15 is 0 Å². The van der Waals surface area contributed by atoms with Gasteiger partial charge in [-0.15, -0.1) is 10.2 Å². The smallest absolute Gasteiger partial charge is 0.254 e. The molecule has 1 aromatic heterocycles. The number of methoxy groups -OCH3 is 1. The molecule has 0 aliphatic heterocycles. The van der Waals surface area contributed by atoms with Crippen molar-refractivity contribution in [1.82, 2.24) is 20.1 Å². The van der Waals surface area contributed by atoms with E-state index in [9.17, 15) is 9.18 Å². The molecular weight excluding hydrogens is 251 g/mol. The van der Waals surface area contributed by atoms with Crippen LogP contribution in [0.5, 0.6) is 5.75 Å². The lowest BCUT2D eigenvalue weighted by molar-refractivity contribution is 0.0945. The average molecular weight is 264 g/mol. The van der Waals surface area contributed by atoms with Crippen LogP contribution in [0.1, 0.15) is 16.2 Å². The van der Waals surface area contributed by atoms with Crippen molar-refractivity contribution in [1.29, 1.82) is 0 Å². The molecule has 0 saturated heterocycles. The van der Waals surface area contributed by atoms with Gasteiger partial charge >= 0.3 is 0 Å². The van der Waals surface area contributed by atoms with Crippen LogP contribution in [0.3, 0.4) is 0 Å². The number of nitrogens with zero attached hydrogens (tertiary/aromatic N) is 3. The number of halogens is 1. The highest BCUT2D eigenvalue weighted by atomic mass is 19.1. The van der Waals surface area contributed by atoms with E-state index in [1.165, 1.54) is 25.6 Å². The van der Waals surface area contributed by atoms with Crippen molar-refractivity contribution in [2.45, 2.75) is 6.54 Å². The van der Waals surface area contributed by atoms with Gasteiger partial charge in [-0.05, 0) is 12.1 Å². The Morgan fingerprint density at radius 1 is 1.53 bits per heavy atom. The van der Waals surface area contributed by atoms with Crippen molar-refractivity contribution < 1.29 is 13.9 Å². The fourth-order valence-electron chi connectivity index (χ4n) is 1.53. The first-order valence-electron chi connectivity index (χ1n) is 5.56. The van der Waals surface area contributed by atoms with E-state index in [4.69, 9.17) is 4.74 Å². The van der Waals surface area contributed by atoms with Gasteiger partial charge in [-0.3, -0.25) is 4.79 Å². The lowest BCUT2D eigenvalue weighted by Gasteiger charge is -2.07. The van der Waals surface area contributed by atoms with E-state index in [0.29, 0.717) is 11.6 Å². The highest BCUT2D eigenvalue weighted by Crippen LogP contribution is 2.16. The molecule has 0 spiro atoms. The quantitative estimate of drug-likeness (QED) is 0.890. The van der Waals surface area contributed by atoms with Crippen LogP contribution in [0, 0.1) is 5.82 Å². The average Bonchev–Trinajstić information content (AvgIpc) is 2.81. The Hall–Kier alpha value is -2.44. The summed E-state index contributed by atoms with van der Waals surface area (Å²) in [5.74, 6) is -0.192. The molecule has 2 rings (SSSR count). The molecule has 0 radical (unpaired) electrons. The molecule has 7 heteroatoms. The maximum absolute atomic E-state index is 13.7. The minimum Gasteiger partial charge on any atom is -0.497 e. The third-order valence-corrected chi connectivity index (χ3v) is 2.63. The number of carbonyl (C=O) groups is 1. The van der Waals surface area contributed by atoms with Gasteiger partial charge in [0.05, 0.1) is 19.2 Å². The fraction of sp³-hybridized carbons (Fsp3) is 0.250. The molecule has 0 aliphatic rings. The number of hydrogen-bond donors (Lipinski definition) is 1. The van der Waals surface area contributed by atoms with Crippen molar-refractivity contribution in [3.63, 3.8) is 0 Å². The Kier molecular flexibility index (Phi) is 3.74. The van der Waals surface area contributed by atoms with Crippen LogP contribution in [0.25, 0.3) is 0 Å². The normalized spacial score (nSPS) is 10.3. The number of aromatic nitrogens is 3. The molecule has 100 valence electrons. The summed E-state index contributed by atoms with van der Waals surface area (Å²) in [6.45, 7) is 0.181. The number of carbonyl (C=O) groups excluding carboxylic acids is 1. The SMILES string of the molecule is COc1ccc(C(=O)NCc2nncn2C)c(F)c1. The number of ether oxygens (including phenoxy) is 1. The van der Waals surface area contributed by atoms with Crippen molar-refractivity contribution in [2.24, 2.45) is 7.05 Å². The van der Waals surface area contributed by atoms with Crippen LogP contribution in [-0.4, -0.2) is 27.8 Å². The molecule has 0 fully saturated rings. The summed E-state index contributed by atoms with van der Waals surface area (Å²) >= 11 is 0. The van der Waals surface area contributed by atoms with E-state index < -0.39 is 11.7 Å². The summed E-state index contributed by atoms with van der Waals surface area (Å²) in [6.07, 6.45) is 1.52. The fourth-order valence-corrected chi connectivity index (χ4v) is 1.53. The van der Waals surface area contributed by atoms with E-state index in [0.717, 1.165) is 6.07 Å². The Morgan fingerprint density at radius 2 is 2.32 bits per heavy atom. The molecule has 0 saturated carbocycles. The first kappa shape index (κ1) is 13.0. The summed E-state index contributed by atoms with van der Waals surface area (Å²) < 4.78 is 20.2. The van der Waals surface area contributed by atoms with Crippen LogP contribution in [0.15, 0.2) is 24.5 Å². The zero-order valence-electron chi connectivity index (χ0n) is 10.6. The van der Waals surface area contributed by atoms with Crippen molar-refractivity contribution in [3.05, 3.63) is 41.7 Å². The molecule has 0 atom stereocenters. The zero-order chi connectivity index (χ0) is 13.8. The van der Waals surface area contributed by atoms with Gasteiger partial charge in [0.15, 0.2) is 5.82 Å². The standard InChI is InChI=1S/C12H13FN4O2/c1-17-7-15-16-11(17)6-14-12(18)9-4-3-8(19-2)5-10(9)13/h3-5,7H,6H2,1-2H3,(H,14,18). The zero-order valence-corrected chi connectivity index (χ0v) is 10.6. The summed E-state index contributed by atoms with van der Waals surface area (Å²) in [5, 5.41) is 10.1.